The van der Waals surface area contributed by atoms with Crippen LogP contribution in [0.1, 0.15) is 264 Å². The van der Waals surface area contributed by atoms with E-state index < -0.39 is 18.1 Å². The molecule has 0 bridgehead atoms. The van der Waals surface area contributed by atoms with Gasteiger partial charge in [0.15, 0.2) is 6.10 Å². The molecular weight excluding hydrogens is 799 g/mol. The maximum absolute atomic E-state index is 12.8. The number of likely N-dealkylation sites (N-methyl/N-ethyl adjacent to an activating group) is 1. The van der Waals surface area contributed by atoms with Crippen LogP contribution < -0.4 is 5.11 Å². The maximum atomic E-state index is 12.8. The molecule has 0 saturated heterocycles. The molecule has 0 rings (SSSR count). The summed E-state index contributed by atoms with van der Waals surface area (Å²) in [6, 6.07) is -0.724. The van der Waals surface area contributed by atoms with Gasteiger partial charge in [-0.05, 0) is 38.5 Å². The molecule has 2 atom stereocenters. The Morgan fingerprint density at radius 3 is 1.20 bits per heavy atom. The lowest BCUT2D eigenvalue weighted by molar-refractivity contribution is -0.889. The minimum atomic E-state index is -1.12. The fourth-order valence-corrected chi connectivity index (χ4v) is 8.36. The Morgan fingerprint density at radius 1 is 0.469 bits per heavy atom. The van der Waals surface area contributed by atoms with Crippen molar-refractivity contribution < 1.29 is 38.2 Å². The molecule has 0 amide bonds. The molecular formula is C56H105NO7. The second kappa shape index (κ2) is 47.3. The molecule has 8 heteroatoms. The summed E-state index contributed by atoms with van der Waals surface area (Å²) in [4.78, 5) is 37.1. The van der Waals surface area contributed by atoms with Gasteiger partial charge in [0.05, 0.1) is 40.3 Å². The second-order valence-corrected chi connectivity index (χ2v) is 19.9. The molecule has 8 nitrogen and oxygen atoms in total. The van der Waals surface area contributed by atoms with Gasteiger partial charge < -0.3 is 28.6 Å². The van der Waals surface area contributed by atoms with Gasteiger partial charge in [0, 0.05) is 19.3 Å². The van der Waals surface area contributed by atoms with Crippen LogP contribution in [0.5, 0.6) is 0 Å². The third-order valence-corrected chi connectivity index (χ3v) is 12.6. The molecule has 0 aliphatic carbocycles. The molecule has 0 heterocycles. The van der Waals surface area contributed by atoms with E-state index in [0.29, 0.717) is 12.8 Å². The number of carboxylic acids is 1. The quantitative estimate of drug-likeness (QED) is 0.0259. The van der Waals surface area contributed by atoms with E-state index in [1.165, 1.54) is 193 Å². The van der Waals surface area contributed by atoms with Gasteiger partial charge in [0.1, 0.15) is 12.6 Å². The average molecular weight is 904 g/mol. The number of nitrogens with zero attached hydrogens (tertiary/aromatic N) is 1. The van der Waals surface area contributed by atoms with E-state index in [1.54, 1.807) is 0 Å². The van der Waals surface area contributed by atoms with Crippen molar-refractivity contribution in [2.45, 2.75) is 276 Å². The number of carbonyl (C=O) groups excluding carboxylic acids is 3. The molecule has 0 aromatic rings. The summed E-state index contributed by atoms with van der Waals surface area (Å²) in [6.45, 7) is 4.68. The highest BCUT2D eigenvalue weighted by Crippen LogP contribution is 2.17. The van der Waals surface area contributed by atoms with Crippen LogP contribution in [0.4, 0.5) is 0 Å². The van der Waals surface area contributed by atoms with Crippen LogP contribution in [-0.2, 0) is 28.6 Å². The van der Waals surface area contributed by atoms with Gasteiger partial charge >= 0.3 is 11.9 Å². The summed E-state index contributed by atoms with van der Waals surface area (Å²) >= 11 is 0. The number of rotatable bonds is 50. The number of ether oxygens (including phenoxy) is 3. The van der Waals surface area contributed by atoms with E-state index >= 15 is 0 Å². The highest BCUT2D eigenvalue weighted by molar-refractivity contribution is 5.70. The third kappa shape index (κ3) is 45.0. The predicted octanol–water partition coefficient (Wildman–Crippen LogP) is 14.6. The molecule has 0 radical (unpaired) electrons. The number of unbranched alkanes of at least 4 members (excludes halogenated alkanes) is 33. The van der Waals surface area contributed by atoms with Crippen molar-refractivity contribution in [1.82, 2.24) is 0 Å². The van der Waals surface area contributed by atoms with Crippen molar-refractivity contribution in [2.24, 2.45) is 0 Å². The number of carboxylic acid groups (broad SMARTS) is 1. The van der Waals surface area contributed by atoms with Gasteiger partial charge in [-0.25, -0.2) is 0 Å². The number of carbonyl (C=O) groups is 3. The number of quaternary nitrogens is 1. The van der Waals surface area contributed by atoms with Gasteiger partial charge in [0.25, 0.3) is 0 Å². The highest BCUT2D eigenvalue weighted by atomic mass is 16.6. The number of hydrogen-bond donors (Lipinski definition) is 0. The van der Waals surface area contributed by atoms with Gasteiger partial charge in [0.2, 0.25) is 0 Å². The van der Waals surface area contributed by atoms with Crippen molar-refractivity contribution in [1.29, 1.82) is 0 Å². The first-order chi connectivity index (χ1) is 31.1. The zero-order chi connectivity index (χ0) is 47.0. The molecule has 0 aromatic carbocycles. The molecule has 0 aliphatic rings. The van der Waals surface area contributed by atoms with E-state index in [2.05, 4.69) is 38.2 Å². The summed E-state index contributed by atoms with van der Waals surface area (Å²) in [5.74, 6) is -1.72. The van der Waals surface area contributed by atoms with Crippen LogP contribution in [0, 0.1) is 0 Å². The molecule has 0 aliphatic heterocycles. The normalized spacial score (nSPS) is 13.0. The smallest absolute Gasteiger partial charge is 0.306 e. The Labute approximate surface area is 396 Å². The van der Waals surface area contributed by atoms with Crippen LogP contribution in [0.3, 0.4) is 0 Å². The van der Waals surface area contributed by atoms with Crippen LogP contribution in [-0.4, -0.2) is 75.5 Å². The van der Waals surface area contributed by atoms with Crippen LogP contribution in [0.15, 0.2) is 24.3 Å². The van der Waals surface area contributed by atoms with Gasteiger partial charge in [-0.15, -0.1) is 0 Å². The second-order valence-electron chi connectivity index (χ2n) is 19.9. The Morgan fingerprint density at radius 2 is 0.812 bits per heavy atom. The van der Waals surface area contributed by atoms with Gasteiger partial charge in [-0.2, -0.15) is 0 Å². The summed E-state index contributed by atoms with van der Waals surface area (Å²) in [5, 5.41) is 11.7. The van der Waals surface area contributed by atoms with E-state index in [-0.39, 0.29) is 42.7 Å². The Balaban J connectivity index is 4.17. The molecule has 0 fully saturated rings. The minimum Gasteiger partial charge on any atom is -0.544 e. The summed E-state index contributed by atoms with van der Waals surface area (Å²) in [6.07, 6.45) is 54.9. The molecule has 2 unspecified atom stereocenters. The van der Waals surface area contributed by atoms with Crippen LogP contribution >= 0.6 is 0 Å². The summed E-state index contributed by atoms with van der Waals surface area (Å²) in [5.41, 5.74) is 0. The Kier molecular flexibility index (Phi) is 45.7. The molecule has 0 aromatic heterocycles. The Bertz CT molecular complexity index is 1100. The average Bonchev–Trinajstić information content (AvgIpc) is 3.26. The van der Waals surface area contributed by atoms with E-state index in [4.69, 9.17) is 14.2 Å². The number of allylic oxidation sites excluding steroid dienone is 4. The lowest BCUT2D eigenvalue weighted by atomic mass is 10.0. The number of aliphatic carboxylic acids is 1. The van der Waals surface area contributed by atoms with Gasteiger partial charge in [-0.3, -0.25) is 9.59 Å². The van der Waals surface area contributed by atoms with Crippen LogP contribution in [0.2, 0.25) is 0 Å². The lowest BCUT2D eigenvalue weighted by Crippen LogP contribution is -2.55. The SMILES string of the molecule is CCCCC/C=C/C=C/CCCCCCCCCCCCC(=O)OCC(COCCC(C(=O)[O-])[N+](C)(C)C)OC(=O)CCCCCCCCCCCCCCCCCCCCCCC. The first-order valence-corrected chi connectivity index (χ1v) is 27.4. The number of hydrogen-bond acceptors (Lipinski definition) is 7. The molecule has 0 spiro atoms. The number of esters is 2. The molecule has 376 valence electrons. The van der Waals surface area contributed by atoms with E-state index in [9.17, 15) is 19.5 Å². The molecule has 0 N–H and O–H groups in total. The lowest BCUT2D eigenvalue weighted by Gasteiger charge is -2.34. The van der Waals surface area contributed by atoms with E-state index in [0.717, 1.165) is 38.5 Å². The van der Waals surface area contributed by atoms with Crippen molar-refractivity contribution in [3.8, 4) is 0 Å². The standard InChI is InChI=1S/C56H105NO7/c1-6-8-10-12-14-16-18-20-22-24-26-27-29-31-33-35-37-39-41-43-45-47-55(59)64-52(50-62-49-48-53(56(60)61)57(3,4)5)51-63-54(58)46-44-42-40-38-36-34-32-30-28-25-23-21-19-17-15-13-11-9-7-2/h15,17,19,21,52-53H,6-14,16,18,20,22-51H2,1-5H3/b17-15+,21-19+. The van der Waals surface area contributed by atoms with Gasteiger partial charge in [-0.1, -0.05) is 231 Å². The monoisotopic (exact) mass is 904 g/mol. The largest absolute Gasteiger partial charge is 0.544 e. The summed E-state index contributed by atoms with van der Waals surface area (Å²) < 4.78 is 17.3. The Hall–Kier alpha value is -2.19. The minimum absolute atomic E-state index is 0.0448. The van der Waals surface area contributed by atoms with Crippen molar-refractivity contribution in [3.63, 3.8) is 0 Å². The molecule has 0 saturated carbocycles. The van der Waals surface area contributed by atoms with Crippen molar-refractivity contribution >= 4 is 17.9 Å². The van der Waals surface area contributed by atoms with Crippen molar-refractivity contribution in [3.05, 3.63) is 24.3 Å². The predicted molar refractivity (Wildman–Crippen MR) is 268 cm³/mol. The fourth-order valence-electron chi connectivity index (χ4n) is 8.36. The third-order valence-electron chi connectivity index (χ3n) is 12.6. The zero-order valence-corrected chi connectivity index (χ0v) is 43.0. The first-order valence-electron chi connectivity index (χ1n) is 27.4. The topological polar surface area (TPSA) is 102 Å². The first kappa shape index (κ1) is 61.8. The highest BCUT2D eigenvalue weighted by Gasteiger charge is 2.25. The van der Waals surface area contributed by atoms with Crippen molar-refractivity contribution in [2.75, 3.05) is 41.0 Å². The maximum Gasteiger partial charge on any atom is 0.306 e. The molecule has 64 heavy (non-hydrogen) atoms. The zero-order valence-electron chi connectivity index (χ0n) is 43.0. The fraction of sp³-hybridized carbons (Fsp3) is 0.875. The van der Waals surface area contributed by atoms with E-state index in [1.807, 2.05) is 21.1 Å². The summed E-state index contributed by atoms with van der Waals surface area (Å²) in [7, 11) is 5.43. The van der Waals surface area contributed by atoms with Crippen LogP contribution in [0.25, 0.3) is 0 Å².